The number of pyridine rings is 1. The molecule has 2 saturated carbocycles. The molecule has 8 heteroatoms. The molecule has 0 unspecified atom stereocenters. The van der Waals surface area contributed by atoms with Gasteiger partial charge in [-0.3, -0.25) is 19.3 Å². The molecular weight excluding hydrogens is 384 g/mol. The van der Waals surface area contributed by atoms with E-state index in [1.807, 2.05) is 0 Å². The number of likely N-dealkylation sites (tertiary alicyclic amines) is 1. The normalized spacial score (nSPS) is 36.0. The third-order valence-electron chi connectivity index (χ3n) is 7.43. The predicted molar refractivity (Wildman–Crippen MR) is 107 cm³/mol. The van der Waals surface area contributed by atoms with Gasteiger partial charge in [-0.25, -0.2) is 4.98 Å². The van der Waals surface area contributed by atoms with Crippen molar-refractivity contribution in [2.75, 3.05) is 43.1 Å². The van der Waals surface area contributed by atoms with E-state index >= 15 is 0 Å². The molecule has 7 rings (SSSR count). The number of allylic oxidation sites excluding steroid dienone is 2. The zero-order valence-corrected chi connectivity index (χ0v) is 16.6. The predicted octanol–water partition coefficient (Wildman–Crippen LogP) is 0.910. The van der Waals surface area contributed by atoms with E-state index in [0.717, 1.165) is 6.42 Å². The molecule has 1 aromatic heterocycles. The number of aromatic nitrogens is 1. The van der Waals surface area contributed by atoms with Gasteiger partial charge in [0.1, 0.15) is 6.54 Å². The molecule has 0 radical (unpaired) electrons. The highest BCUT2D eigenvalue weighted by molar-refractivity contribution is 6.09. The summed E-state index contributed by atoms with van der Waals surface area (Å²) < 4.78 is 5.39. The first-order chi connectivity index (χ1) is 14.6. The van der Waals surface area contributed by atoms with Crippen molar-refractivity contribution in [2.24, 2.45) is 35.5 Å². The van der Waals surface area contributed by atoms with Crippen LogP contribution in [0.5, 0.6) is 0 Å². The first kappa shape index (κ1) is 18.1. The lowest BCUT2D eigenvalue weighted by Gasteiger charge is -2.37. The molecule has 30 heavy (non-hydrogen) atoms. The number of nitrogens with zero attached hydrogens (tertiary/aromatic N) is 3. The number of anilines is 2. The lowest BCUT2D eigenvalue weighted by molar-refractivity contribution is -0.142. The number of morpholine rings is 1. The highest BCUT2D eigenvalue weighted by Crippen LogP contribution is 2.65. The van der Waals surface area contributed by atoms with E-state index in [1.165, 1.54) is 4.90 Å². The number of hydrogen-bond acceptors (Lipinski definition) is 6. The van der Waals surface area contributed by atoms with Crippen molar-refractivity contribution in [3.8, 4) is 0 Å². The molecule has 1 N–H and O–H groups in total. The van der Waals surface area contributed by atoms with Crippen LogP contribution >= 0.6 is 0 Å². The monoisotopic (exact) mass is 408 g/mol. The summed E-state index contributed by atoms with van der Waals surface area (Å²) in [5.74, 6) is 0.858. The van der Waals surface area contributed by atoms with Crippen LogP contribution in [0.2, 0.25) is 0 Å². The Morgan fingerprint density at radius 1 is 1.10 bits per heavy atom. The molecule has 6 atom stereocenters. The van der Waals surface area contributed by atoms with E-state index in [4.69, 9.17) is 4.74 Å². The maximum Gasteiger partial charge on any atom is 0.244 e. The fraction of sp³-hybridized carbons (Fsp3) is 0.545. The molecule has 4 aliphatic carbocycles. The van der Waals surface area contributed by atoms with Crippen LogP contribution in [0.15, 0.2) is 30.5 Å². The summed E-state index contributed by atoms with van der Waals surface area (Å²) in [7, 11) is 0. The van der Waals surface area contributed by atoms with E-state index in [0.29, 0.717) is 49.6 Å². The van der Waals surface area contributed by atoms with Gasteiger partial charge in [-0.15, -0.1) is 0 Å². The SMILES string of the molecule is O=C(CN1C(=O)[C@@H]2[C@H]3C=C[C@@H]([C@@H]4C[C@@H]34)[C@H]2C1=O)Nc1cccnc1N1CCOCC1. The topological polar surface area (TPSA) is 91.8 Å². The molecule has 8 nitrogen and oxygen atoms in total. The number of ether oxygens (including phenoxy) is 1. The van der Waals surface area contributed by atoms with Crippen LogP contribution in [0.1, 0.15) is 6.42 Å². The van der Waals surface area contributed by atoms with Gasteiger partial charge in [0, 0.05) is 19.3 Å². The molecule has 6 aliphatic rings. The minimum Gasteiger partial charge on any atom is -0.378 e. The van der Waals surface area contributed by atoms with Gasteiger partial charge in [-0.2, -0.15) is 0 Å². The second kappa shape index (κ2) is 6.63. The summed E-state index contributed by atoms with van der Waals surface area (Å²) in [6.07, 6.45) is 7.09. The van der Waals surface area contributed by atoms with E-state index in [-0.39, 0.29) is 47.9 Å². The Kier molecular flexibility index (Phi) is 3.99. The van der Waals surface area contributed by atoms with Crippen LogP contribution in [0.3, 0.4) is 0 Å². The Balaban J connectivity index is 1.18. The maximum absolute atomic E-state index is 13.1. The van der Waals surface area contributed by atoms with Gasteiger partial charge in [-0.05, 0) is 42.2 Å². The molecule has 3 amide bonds. The average Bonchev–Trinajstić information content (AvgIpc) is 3.56. The number of carbonyl (C=O) groups is 3. The molecule has 3 heterocycles. The van der Waals surface area contributed by atoms with Crippen molar-refractivity contribution in [1.82, 2.24) is 9.88 Å². The van der Waals surface area contributed by atoms with Crippen molar-refractivity contribution < 1.29 is 19.1 Å². The van der Waals surface area contributed by atoms with E-state index in [2.05, 4.69) is 27.4 Å². The van der Waals surface area contributed by atoms with E-state index in [1.54, 1.807) is 18.3 Å². The van der Waals surface area contributed by atoms with Gasteiger partial charge in [-0.1, -0.05) is 12.2 Å². The van der Waals surface area contributed by atoms with Crippen LogP contribution in [-0.4, -0.2) is 60.5 Å². The summed E-state index contributed by atoms with van der Waals surface area (Å²) >= 11 is 0. The highest BCUT2D eigenvalue weighted by atomic mass is 16.5. The summed E-state index contributed by atoms with van der Waals surface area (Å²) in [5.41, 5.74) is 0.587. The van der Waals surface area contributed by atoms with Crippen LogP contribution in [0.25, 0.3) is 0 Å². The Morgan fingerprint density at radius 2 is 1.77 bits per heavy atom. The largest absolute Gasteiger partial charge is 0.378 e. The zero-order chi connectivity index (χ0) is 20.4. The number of amides is 3. The van der Waals surface area contributed by atoms with Crippen molar-refractivity contribution in [1.29, 1.82) is 0 Å². The maximum atomic E-state index is 13.1. The number of carbonyl (C=O) groups excluding carboxylic acids is 3. The molecule has 2 aliphatic heterocycles. The number of rotatable bonds is 4. The standard InChI is InChI=1S/C22H24N4O4/c27-17(24-16-2-1-5-23-20(16)25-6-8-30-9-7-25)11-26-21(28)18-12-3-4-13(15-10-14(12)15)19(18)22(26)29/h1-5,12-15,18-19H,6-11H2,(H,24,27)/t12-,13-,14-,15-,18+,19+/m0/s1. The molecule has 4 fully saturated rings. The number of hydrogen-bond donors (Lipinski definition) is 1. The minimum absolute atomic E-state index is 0.167. The van der Waals surface area contributed by atoms with Crippen LogP contribution < -0.4 is 10.2 Å². The van der Waals surface area contributed by atoms with E-state index < -0.39 is 0 Å². The molecule has 2 saturated heterocycles. The van der Waals surface area contributed by atoms with Gasteiger partial charge in [0.15, 0.2) is 5.82 Å². The lowest BCUT2D eigenvalue weighted by atomic mass is 9.63. The van der Waals surface area contributed by atoms with Crippen LogP contribution in [-0.2, 0) is 19.1 Å². The van der Waals surface area contributed by atoms with Gasteiger partial charge < -0.3 is 15.0 Å². The minimum atomic E-state index is -0.372. The van der Waals surface area contributed by atoms with Gasteiger partial charge in [0.25, 0.3) is 0 Å². The highest BCUT2D eigenvalue weighted by Gasteiger charge is 2.67. The van der Waals surface area contributed by atoms with Crippen LogP contribution in [0.4, 0.5) is 11.5 Å². The Morgan fingerprint density at radius 3 is 2.43 bits per heavy atom. The fourth-order valence-corrected chi connectivity index (χ4v) is 6.03. The Hall–Kier alpha value is -2.74. The molecular formula is C22H24N4O4. The molecule has 1 aromatic rings. The Bertz CT molecular complexity index is 920. The lowest BCUT2D eigenvalue weighted by Crippen LogP contribution is -2.40. The summed E-state index contributed by atoms with van der Waals surface area (Å²) in [6.45, 7) is 2.38. The second-order valence-corrected chi connectivity index (χ2v) is 8.94. The van der Waals surface area contributed by atoms with E-state index in [9.17, 15) is 14.4 Å². The first-order valence-electron chi connectivity index (χ1n) is 10.7. The third-order valence-corrected chi connectivity index (χ3v) is 7.43. The molecule has 156 valence electrons. The Labute approximate surface area is 174 Å². The van der Waals surface area contributed by atoms with Gasteiger partial charge in [0.2, 0.25) is 17.7 Å². The number of imide groups is 1. The van der Waals surface area contributed by atoms with Gasteiger partial charge in [0.05, 0.1) is 30.7 Å². The molecule has 0 aromatic carbocycles. The van der Waals surface area contributed by atoms with Crippen LogP contribution in [0, 0.1) is 35.5 Å². The molecule has 2 bridgehead atoms. The summed E-state index contributed by atoms with van der Waals surface area (Å²) in [6, 6.07) is 3.55. The smallest absolute Gasteiger partial charge is 0.244 e. The molecule has 0 spiro atoms. The zero-order valence-electron chi connectivity index (χ0n) is 16.6. The van der Waals surface area contributed by atoms with Crippen molar-refractivity contribution in [3.63, 3.8) is 0 Å². The number of nitrogens with one attached hydrogen (secondary N) is 1. The van der Waals surface area contributed by atoms with Crippen molar-refractivity contribution in [3.05, 3.63) is 30.5 Å². The average molecular weight is 408 g/mol. The third kappa shape index (κ3) is 2.62. The first-order valence-corrected chi connectivity index (χ1v) is 10.7. The van der Waals surface area contributed by atoms with Crippen molar-refractivity contribution >= 4 is 29.2 Å². The van der Waals surface area contributed by atoms with Gasteiger partial charge >= 0.3 is 0 Å². The summed E-state index contributed by atoms with van der Waals surface area (Å²) in [4.78, 5) is 46.6. The van der Waals surface area contributed by atoms with Crippen molar-refractivity contribution in [2.45, 2.75) is 6.42 Å². The fourth-order valence-electron chi connectivity index (χ4n) is 6.03. The quantitative estimate of drug-likeness (QED) is 0.588. The summed E-state index contributed by atoms with van der Waals surface area (Å²) in [5, 5.41) is 2.87. The second-order valence-electron chi connectivity index (χ2n) is 8.94.